The maximum absolute atomic E-state index is 10.6. The minimum atomic E-state index is -0.782. The van der Waals surface area contributed by atoms with Crippen molar-refractivity contribution in [2.45, 2.75) is 77.2 Å². The molecule has 0 amide bonds. The SMILES string of the molecule is CC(CCCCCC1CCCC1)C(N)CC(=O)O. The number of aliphatic carboxylic acids is 1. The summed E-state index contributed by atoms with van der Waals surface area (Å²) in [7, 11) is 0. The number of carboxylic acid groups (broad SMARTS) is 1. The van der Waals surface area contributed by atoms with Crippen LogP contribution < -0.4 is 5.73 Å². The Kier molecular flexibility index (Phi) is 7.33. The van der Waals surface area contributed by atoms with Crippen LogP contribution >= 0.6 is 0 Å². The fourth-order valence-electron chi connectivity index (χ4n) is 2.99. The van der Waals surface area contributed by atoms with Crippen LogP contribution in [0.1, 0.15) is 71.1 Å². The van der Waals surface area contributed by atoms with Crippen LogP contribution in [0.2, 0.25) is 0 Å². The monoisotopic (exact) mass is 255 g/mol. The molecule has 0 saturated heterocycles. The van der Waals surface area contributed by atoms with Crippen molar-refractivity contribution in [1.82, 2.24) is 0 Å². The Balaban J connectivity index is 1.97. The van der Waals surface area contributed by atoms with Crippen LogP contribution in [0.25, 0.3) is 0 Å². The number of hydrogen-bond donors (Lipinski definition) is 2. The molecule has 1 fully saturated rings. The molecule has 0 heterocycles. The molecule has 0 aromatic heterocycles. The molecule has 1 saturated carbocycles. The van der Waals surface area contributed by atoms with Crippen molar-refractivity contribution >= 4 is 5.97 Å². The fraction of sp³-hybridized carbons (Fsp3) is 0.933. The van der Waals surface area contributed by atoms with Crippen molar-refractivity contribution in [1.29, 1.82) is 0 Å². The van der Waals surface area contributed by atoms with Gasteiger partial charge in [0.25, 0.3) is 0 Å². The van der Waals surface area contributed by atoms with Crippen LogP contribution in [0.5, 0.6) is 0 Å². The van der Waals surface area contributed by atoms with E-state index in [0.717, 1.165) is 12.3 Å². The molecular formula is C15H29NO2. The topological polar surface area (TPSA) is 63.3 Å². The van der Waals surface area contributed by atoms with Gasteiger partial charge in [0, 0.05) is 6.04 Å². The summed E-state index contributed by atoms with van der Waals surface area (Å²) in [5.74, 6) is 0.542. The van der Waals surface area contributed by atoms with E-state index in [9.17, 15) is 4.79 Å². The molecule has 3 heteroatoms. The van der Waals surface area contributed by atoms with E-state index in [0.29, 0.717) is 5.92 Å². The first kappa shape index (κ1) is 15.5. The second kappa shape index (κ2) is 8.52. The third-order valence-corrected chi connectivity index (χ3v) is 4.39. The summed E-state index contributed by atoms with van der Waals surface area (Å²) in [6.07, 6.45) is 12.1. The van der Waals surface area contributed by atoms with E-state index in [4.69, 9.17) is 10.8 Å². The lowest BCUT2D eigenvalue weighted by molar-refractivity contribution is -0.137. The Hall–Kier alpha value is -0.570. The molecule has 0 aliphatic heterocycles. The number of carboxylic acids is 1. The highest BCUT2D eigenvalue weighted by molar-refractivity contribution is 5.67. The summed E-state index contributed by atoms with van der Waals surface area (Å²) in [5.41, 5.74) is 5.85. The van der Waals surface area contributed by atoms with Gasteiger partial charge in [-0.15, -0.1) is 0 Å². The van der Waals surface area contributed by atoms with E-state index in [1.54, 1.807) is 0 Å². The van der Waals surface area contributed by atoms with Crippen molar-refractivity contribution in [3.8, 4) is 0 Å². The van der Waals surface area contributed by atoms with Gasteiger partial charge in [0.05, 0.1) is 6.42 Å². The van der Waals surface area contributed by atoms with Gasteiger partial charge in [0.15, 0.2) is 0 Å². The van der Waals surface area contributed by atoms with E-state index in [1.807, 2.05) is 0 Å². The second-order valence-corrected chi connectivity index (χ2v) is 6.03. The smallest absolute Gasteiger partial charge is 0.304 e. The molecular weight excluding hydrogens is 226 g/mol. The predicted molar refractivity (Wildman–Crippen MR) is 74.4 cm³/mol. The molecule has 1 rings (SSSR count). The third kappa shape index (κ3) is 6.39. The van der Waals surface area contributed by atoms with Crippen LogP contribution in [0, 0.1) is 11.8 Å². The maximum Gasteiger partial charge on any atom is 0.304 e. The zero-order chi connectivity index (χ0) is 13.4. The normalized spacial score (nSPS) is 19.9. The Labute approximate surface area is 111 Å². The highest BCUT2D eigenvalue weighted by atomic mass is 16.4. The van der Waals surface area contributed by atoms with Crippen LogP contribution in [-0.2, 0) is 4.79 Å². The standard InChI is InChI=1S/C15H29NO2/c1-12(14(16)11-15(17)18)7-3-2-4-8-13-9-5-6-10-13/h12-14H,2-11,16H2,1H3,(H,17,18). The minimum Gasteiger partial charge on any atom is -0.481 e. The van der Waals surface area contributed by atoms with Crippen LogP contribution in [0.3, 0.4) is 0 Å². The second-order valence-electron chi connectivity index (χ2n) is 6.03. The molecule has 2 atom stereocenters. The van der Waals surface area contributed by atoms with E-state index < -0.39 is 5.97 Å². The van der Waals surface area contributed by atoms with E-state index >= 15 is 0 Å². The van der Waals surface area contributed by atoms with E-state index in [-0.39, 0.29) is 12.5 Å². The van der Waals surface area contributed by atoms with Gasteiger partial charge in [-0.2, -0.15) is 0 Å². The fourth-order valence-corrected chi connectivity index (χ4v) is 2.99. The number of carbonyl (C=O) groups is 1. The van der Waals surface area contributed by atoms with Gasteiger partial charge in [-0.1, -0.05) is 58.3 Å². The van der Waals surface area contributed by atoms with Gasteiger partial charge >= 0.3 is 5.97 Å². The third-order valence-electron chi connectivity index (χ3n) is 4.39. The minimum absolute atomic E-state index is 0.100. The highest BCUT2D eigenvalue weighted by Gasteiger charge is 2.16. The molecule has 0 bridgehead atoms. The Bertz CT molecular complexity index is 237. The van der Waals surface area contributed by atoms with E-state index in [1.165, 1.54) is 51.4 Å². The molecule has 3 nitrogen and oxygen atoms in total. The maximum atomic E-state index is 10.6. The molecule has 0 aromatic rings. The predicted octanol–water partition coefficient (Wildman–Crippen LogP) is 3.57. The van der Waals surface area contributed by atoms with Gasteiger partial charge in [-0.3, -0.25) is 4.79 Å². The number of unbranched alkanes of at least 4 members (excludes halogenated alkanes) is 2. The summed E-state index contributed by atoms with van der Waals surface area (Å²) in [6.45, 7) is 2.07. The summed E-state index contributed by atoms with van der Waals surface area (Å²) < 4.78 is 0. The molecule has 0 spiro atoms. The van der Waals surface area contributed by atoms with Crippen molar-refractivity contribution in [2.75, 3.05) is 0 Å². The molecule has 18 heavy (non-hydrogen) atoms. The summed E-state index contributed by atoms with van der Waals surface area (Å²) in [5, 5.41) is 8.68. The van der Waals surface area contributed by atoms with Crippen LogP contribution in [0.4, 0.5) is 0 Å². The molecule has 1 aliphatic rings. The Morgan fingerprint density at radius 3 is 2.56 bits per heavy atom. The van der Waals surface area contributed by atoms with Crippen molar-refractivity contribution in [2.24, 2.45) is 17.6 Å². The van der Waals surface area contributed by atoms with Gasteiger partial charge < -0.3 is 10.8 Å². The van der Waals surface area contributed by atoms with Crippen molar-refractivity contribution in [3.63, 3.8) is 0 Å². The first-order chi connectivity index (χ1) is 8.59. The van der Waals surface area contributed by atoms with Gasteiger partial charge in [0.2, 0.25) is 0 Å². The van der Waals surface area contributed by atoms with Gasteiger partial charge in [-0.25, -0.2) is 0 Å². The molecule has 2 unspecified atom stereocenters. The lowest BCUT2D eigenvalue weighted by Crippen LogP contribution is -2.30. The first-order valence-electron chi connectivity index (χ1n) is 7.57. The van der Waals surface area contributed by atoms with Crippen LogP contribution in [-0.4, -0.2) is 17.1 Å². The first-order valence-corrected chi connectivity index (χ1v) is 7.57. The number of nitrogens with two attached hydrogens (primary N) is 1. The summed E-state index contributed by atoms with van der Waals surface area (Å²) in [6, 6.07) is -0.183. The molecule has 0 radical (unpaired) electrons. The number of rotatable bonds is 9. The van der Waals surface area contributed by atoms with Gasteiger partial charge in [0.1, 0.15) is 0 Å². The molecule has 106 valence electrons. The molecule has 1 aliphatic carbocycles. The summed E-state index contributed by atoms with van der Waals surface area (Å²) in [4.78, 5) is 10.6. The van der Waals surface area contributed by atoms with Gasteiger partial charge in [-0.05, 0) is 18.3 Å². The molecule has 3 N–H and O–H groups in total. The average molecular weight is 255 g/mol. The zero-order valence-corrected chi connectivity index (χ0v) is 11.7. The quantitative estimate of drug-likeness (QED) is 0.619. The van der Waals surface area contributed by atoms with Crippen molar-refractivity contribution < 1.29 is 9.90 Å². The number of hydrogen-bond acceptors (Lipinski definition) is 2. The highest BCUT2D eigenvalue weighted by Crippen LogP contribution is 2.29. The van der Waals surface area contributed by atoms with Crippen LogP contribution in [0.15, 0.2) is 0 Å². The van der Waals surface area contributed by atoms with Crippen molar-refractivity contribution in [3.05, 3.63) is 0 Å². The summed E-state index contributed by atoms with van der Waals surface area (Å²) >= 11 is 0. The average Bonchev–Trinajstić information content (AvgIpc) is 2.80. The lowest BCUT2D eigenvalue weighted by Gasteiger charge is -2.18. The van der Waals surface area contributed by atoms with E-state index in [2.05, 4.69) is 6.92 Å². The lowest BCUT2D eigenvalue weighted by atomic mass is 9.92. The largest absolute Gasteiger partial charge is 0.481 e. The molecule has 0 aromatic carbocycles. The zero-order valence-electron chi connectivity index (χ0n) is 11.7. The Morgan fingerprint density at radius 1 is 1.28 bits per heavy atom. The Morgan fingerprint density at radius 2 is 1.94 bits per heavy atom.